The van der Waals surface area contributed by atoms with Gasteiger partial charge in [0.2, 0.25) is 11.8 Å². The van der Waals surface area contributed by atoms with E-state index in [4.69, 9.17) is 4.74 Å². The van der Waals surface area contributed by atoms with Gasteiger partial charge < -0.3 is 25.6 Å². The molecule has 8 nitrogen and oxygen atoms in total. The molecule has 1 saturated carbocycles. The first kappa shape index (κ1) is 31.1. The minimum atomic E-state index is -0.584. The van der Waals surface area contributed by atoms with E-state index in [1.807, 2.05) is 30.3 Å². The summed E-state index contributed by atoms with van der Waals surface area (Å²) >= 11 is 0. The van der Waals surface area contributed by atoms with Crippen LogP contribution in [0.2, 0.25) is 0 Å². The van der Waals surface area contributed by atoms with Gasteiger partial charge >= 0.3 is 6.09 Å². The molecule has 0 radical (unpaired) electrons. The number of ether oxygens (including phenoxy) is 1. The lowest BCUT2D eigenvalue weighted by atomic mass is 9.74. The monoisotopic (exact) mass is 550 g/mol. The van der Waals surface area contributed by atoms with Gasteiger partial charge in [0.25, 0.3) is 0 Å². The molecule has 0 saturated heterocycles. The second-order valence-corrected chi connectivity index (χ2v) is 11.5. The summed E-state index contributed by atoms with van der Waals surface area (Å²) in [6, 6.07) is 18.2. The summed E-state index contributed by atoms with van der Waals surface area (Å²) < 4.78 is 5.32. The highest BCUT2D eigenvalue weighted by molar-refractivity contribution is 5.82. The maximum atomic E-state index is 13.4. The van der Waals surface area contributed by atoms with Crippen molar-refractivity contribution in [1.82, 2.24) is 20.9 Å². The van der Waals surface area contributed by atoms with Crippen LogP contribution in [-0.4, -0.2) is 62.1 Å². The molecular weight excluding hydrogens is 504 g/mol. The fraction of sp³-hybridized carbons (Fsp3) is 0.531. The molecular formula is C32H46N4O4. The van der Waals surface area contributed by atoms with Crippen LogP contribution in [0.25, 0.3) is 0 Å². The zero-order valence-electron chi connectivity index (χ0n) is 24.7. The van der Waals surface area contributed by atoms with Crippen LogP contribution in [0.15, 0.2) is 54.6 Å². The number of nitrogens with zero attached hydrogens (tertiary/aromatic N) is 1. The molecule has 2 aromatic carbocycles. The van der Waals surface area contributed by atoms with Crippen molar-refractivity contribution >= 4 is 17.9 Å². The second kappa shape index (κ2) is 14.8. The predicted octanol–water partition coefficient (Wildman–Crippen LogP) is 4.21. The highest BCUT2D eigenvalue weighted by Crippen LogP contribution is 2.35. The lowest BCUT2D eigenvalue weighted by Crippen LogP contribution is -2.53. The van der Waals surface area contributed by atoms with Crippen LogP contribution < -0.4 is 16.0 Å². The number of amides is 3. The maximum Gasteiger partial charge on any atom is 0.407 e. The molecule has 1 aliphatic rings. The van der Waals surface area contributed by atoms with E-state index < -0.39 is 12.0 Å². The van der Waals surface area contributed by atoms with Crippen LogP contribution in [0.5, 0.6) is 0 Å². The fourth-order valence-electron chi connectivity index (χ4n) is 5.65. The first-order valence-corrected chi connectivity index (χ1v) is 14.3. The molecule has 218 valence electrons. The molecule has 2 atom stereocenters. The number of alkyl carbamates (subject to hydrolysis) is 1. The largest absolute Gasteiger partial charge is 0.445 e. The van der Waals surface area contributed by atoms with E-state index in [2.05, 4.69) is 66.1 Å². The average Bonchev–Trinajstić information content (AvgIpc) is 2.95. The summed E-state index contributed by atoms with van der Waals surface area (Å²) in [5.74, 6) is -1.19. The van der Waals surface area contributed by atoms with Crippen molar-refractivity contribution in [3.8, 4) is 0 Å². The Balaban J connectivity index is 1.58. The van der Waals surface area contributed by atoms with Crippen molar-refractivity contribution < 1.29 is 19.1 Å². The number of aryl methyl sites for hydroxylation is 1. The standard InChI is InChI=1S/C32H46N4O4/c1-23-10-9-13-26(18-23)20-32(36(4)5)16-14-28(15-17-32)35-30(38)27(19-24(2)29(37)33-3)21-34-31(39)40-22-25-11-7-6-8-12-25/h6-13,18,24,27-28H,14-17,19-22H2,1-5H3,(H,33,37)(H,34,39)(H,35,38). The molecule has 3 rings (SSSR count). The quantitative estimate of drug-likeness (QED) is 0.368. The summed E-state index contributed by atoms with van der Waals surface area (Å²) in [4.78, 5) is 40.3. The van der Waals surface area contributed by atoms with Crippen molar-refractivity contribution in [2.75, 3.05) is 27.7 Å². The van der Waals surface area contributed by atoms with Crippen molar-refractivity contribution in [3.05, 3.63) is 71.3 Å². The molecule has 1 aliphatic carbocycles. The van der Waals surface area contributed by atoms with E-state index in [0.717, 1.165) is 37.7 Å². The number of carbonyl (C=O) groups excluding carboxylic acids is 3. The molecule has 3 amide bonds. The molecule has 40 heavy (non-hydrogen) atoms. The van der Waals surface area contributed by atoms with Gasteiger partial charge in [-0.2, -0.15) is 0 Å². The lowest BCUT2D eigenvalue weighted by molar-refractivity contribution is -0.128. The molecule has 0 heterocycles. The summed E-state index contributed by atoms with van der Waals surface area (Å²) in [6.45, 7) is 4.17. The third kappa shape index (κ3) is 9.08. The topological polar surface area (TPSA) is 99.8 Å². The first-order chi connectivity index (χ1) is 19.1. The van der Waals surface area contributed by atoms with Gasteiger partial charge in [-0.3, -0.25) is 9.59 Å². The molecule has 2 aromatic rings. The average molecular weight is 551 g/mol. The van der Waals surface area contributed by atoms with E-state index in [-0.39, 0.29) is 42.5 Å². The Kier molecular flexibility index (Phi) is 11.6. The summed E-state index contributed by atoms with van der Waals surface area (Å²) in [5, 5.41) is 8.61. The number of benzene rings is 2. The summed E-state index contributed by atoms with van der Waals surface area (Å²) in [7, 11) is 5.88. The van der Waals surface area contributed by atoms with Gasteiger partial charge in [-0.25, -0.2) is 4.79 Å². The first-order valence-electron chi connectivity index (χ1n) is 14.3. The second-order valence-electron chi connectivity index (χ2n) is 11.5. The summed E-state index contributed by atoms with van der Waals surface area (Å²) in [6.07, 6.45) is 4.42. The number of hydrogen-bond acceptors (Lipinski definition) is 5. The van der Waals surface area contributed by atoms with E-state index in [1.165, 1.54) is 11.1 Å². The zero-order chi connectivity index (χ0) is 29.1. The van der Waals surface area contributed by atoms with Crippen molar-refractivity contribution in [3.63, 3.8) is 0 Å². The minimum Gasteiger partial charge on any atom is -0.445 e. The SMILES string of the molecule is CNC(=O)C(C)CC(CNC(=O)OCc1ccccc1)C(=O)NC1CCC(Cc2cccc(C)c2)(N(C)C)CC1. The van der Waals surface area contributed by atoms with Gasteiger partial charge in [0.15, 0.2) is 0 Å². The number of likely N-dealkylation sites (N-methyl/N-ethyl adjacent to an activating group) is 1. The predicted molar refractivity (Wildman–Crippen MR) is 158 cm³/mol. The maximum absolute atomic E-state index is 13.4. The van der Waals surface area contributed by atoms with Gasteiger partial charge in [0.1, 0.15) is 6.61 Å². The summed E-state index contributed by atoms with van der Waals surface area (Å²) in [5.41, 5.74) is 3.53. The van der Waals surface area contributed by atoms with Crippen LogP contribution in [0.3, 0.4) is 0 Å². The van der Waals surface area contributed by atoms with Gasteiger partial charge in [0.05, 0.1) is 5.92 Å². The highest BCUT2D eigenvalue weighted by atomic mass is 16.5. The minimum absolute atomic E-state index is 0.0478. The Hall–Kier alpha value is -3.39. The van der Waals surface area contributed by atoms with Crippen LogP contribution in [-0.2, 0) is 27.4 Å². The Morgan fingerprint density at radius 2 is 1.68 bits per heavy atom. The van der Waals surface area contributed by atoms with Gasteiger partial charge in [0, 0.05) is 31.1 Å². The van der Waals surface area contributed by atoms with Crippen molar-refractivity contribution in [2.45, 2.75) is 70.6 Å². The lowest BCUT2D eigenvalue weighted by Gasteiger charge is -2.45. The van der Waals surface area contributed by atoms with Gasteiger partial charge in [-0.1, -0.05) is 67.1 Å². The van der Waals surface area contributed by atoms with Gasteiger partial charge in [-0.15, -0.1) is 0 Å². The Bertz CT molecular complexity index is 1110. The van der Waals surface area contributed by atoms with E-state index in [0.29, 0.717) is 6.42 Å². The van der Waals surface area contributed by atoms with E-state index in [9.17, 15) is 14.4 Å². The molecule has 8 heteroatoms. The highest BCUT2D eigenvalue weighted by Gasteiger charge is 2.38. The fourth-order valence-corrected chi connectivity index (χ4v) is 5.65. The molecule has 3 N–H and O–H groups in total. The van der Waals surface area contributed by atoms with Crippen molar-refractivity contribution in [2.24, 2.45) is 11.8 Å². The number of carbonyl (C=O) groups is 3. The smallest absolute Gasteiger partial charge is 0.407 e. The third-order valence-corrected chi connectivity index (χ3v) is 8.24. The molecule has 1 fully saturated rings. The number of hydrogen-bond donors (Lipinski definition) is 3. The van der Waals surface area contributed by atoms with Crippen LogP contribution >= 0.6 is 0 Å². The normalized spacial score (nSPS) is 20.3. The molecule has 0 spiro atoms. The Labute approximate surface area is 239 Å². The van der Waals surface area contributed by atoms with E-state index in [1.54, 1.807) is 14.0 Å². The number of nitrogens with one attached hydrogen (secondary N) is 3. The third-order valence-electron chi connectivity index (χ3n) is 8.24. The van der Waals surface area contributed by atoms with Crippen LogP contribution in [0, 0.1) is 18.8 Å². The Morgan fingerprint density at radius 3 is 2.30 bits per heavy atom. The van der Waals surface area contributed by atoms with Crippen molar-refractivity contribution in [1.29, 1.82) is 0 Å². The molecule has 0 aromatic heterocycles. The van der Waals surface area contributed by atoms with E-state index >= 15 is 0 Å². The van der Waals surface area contributed by atoms with Crippen LogP contribution in [0.4, 0.5) is 4.79 Å². The van der Waals surface area contributed by atoms with Gasteiger partial charge in [-0.05, 0) is 70.7 Å². The Morgan fingerprint density at radius 1 is 1.00 bits per heavy atom. The zero-order valence-corrected chi connectivity index (χ0v) is 24.7. The molecule has 0 aliphatic heterocycles. The molecule has 2 unspecified atom stereocenters. The molecule has 0 bridgehead atoms. The van der Waals surface area contributed by atoms with Crippen LogP contribution in [0.1, 0.15) is 55.7 Å². The number of rotatable bonds is 12.